The summed E-state index contributed by atoms with van der Waals surface area (Å²) in [6.45, 7) is 0. The van der Waals surface area contributed by atoms with Gasteiger partial charge in [0.05, 0.1) is 29.9 Å². The van der Waals surface area contributed by atoms with Crippen LogP contribution in [0.1, 0.15) is 33.2 Å². The van der Waals surface area contributed by atoms with Crippen molar-refractivity contribution in [2.24, 2.45) is 0 Å². The zero-order valence-corrected chi connectivity index (χ0v) is 16.9. The van der Waals surface area contributed by atoms with Gasteiger partial charge in [-0.3, -0.25) is 14.8 Å². The van der Waals surface area contributed by atoms with Crippen molar-refractivity contribution in [1.82, 2.24) is 15.3 Å². The standard InChI is InChI=1S/C24H18F3N3O2/c1-32-18-10-8-16(9-11-18)21(22-19(24(25,26)27)5-3-13-29-22)30-23(31)17-7-6-15-4-2-12-28-20(15)14-17/h2-14,21H,1H3,(H,30,31). The summed E-state index contributed by atoms with van der Waals surface area (Å²) < 4.78 is 46.2. The number of fused-ring (bicyclic) bond motifs is 1. The van der Waals surface area contributed by atoms with E-state index in [1.54, 1.807) is 54.7 Å². The number of halogens is 3. The molecule has 2 heterocycles. The highest BCUT2D eigenvalue weighted by molar-refractivity contribution is 5.98. The molecule has 0 saturated carbocycles. The zero-order valence-electron chi connectivity index (χ0n) is 16.9. The largest absolute Gasteiger partial charge is 0.497 e. The molecule has 162 valence electrons. The van der Waals surface area contributed by atoms with Crippen LogP contribution in [0.15, 0.2) is 79.1 Å². The molecule has 1 amide bonds. The number of benzene rings is 2. The normalized spacial score (nSPS) is 12.4. The van der Waals surface area contributed by atoms with E-state index < -0.39 is 23.7 Å². The van der Waals surface area contributed by atoms with E-state index in [4.69, 9.17) is 4.74 Å². The van der Waals surface area contributed by atoms with Crippen LogP contribution in [0, 0.1) is 0 Å². The third kappa shape index (κ3) is 4.39. The van der Waals surface area contributed by atoms with Crippen LogP contribution in [0.4, 0.5) is 13.2 Å². The maximum atomic E-state index is 13.7. The molecule has 2 aromatic carbocycles. The minimum Gasteiger partial charge on any atom is -0.497 e. The van der Waals surface area contributed by atoms with Crippen molar-refractivity contribution in [2.75, 3.05) is 7.11 Å². The summed E-state index contributed by atoms with van der Waals surface area (Å²) in [5.74, 6) is -0.00588. The lowest BCUT2D eigenvalue weighted by atomic mass is 9.98. The molecule has 0 spiro atoms. The molecule has 1 N–H and O–H groups in total. The van der Waals surface area contributed by atoms with Crippen LogP contribution < -0.4 is 10.1 Å². The Balaban J connectivity index is 1.76. The molecule has 0 saturated heterocycles. The molecule has 0 fully saturated rings. The van der Waals surface area contributed by atoms with Gasteiger partial charge in [0.25, 0.3) is 5.91 Å². The number of pyridine rings is 2. The van der Waals surface area contributed by atoms with E-state index in [2.05, 4.69) is 15.3 Å². The highest BCUT2D eigenvalue weighted by Gasteiger charge is 2.37. The number of hydrogen-bond donors (Lipinski definition) is 1. The number of aromatic nitrogens is 2. The molecule has 5 nitrogen and oxygen atoms in total. The second-order valence-corrected chi connectivity index (χ2v) is 7.02. The number of carbonyl (C=O) groups is 1. The second-order valence-electron chi connectivity index (χ2n) is 7.02. The van der Waals surface area contributed by atoms with Crippen molar-refractivity contribution in [3.05, 3.63) is 102 Å². The summed E-state index contributed by atoms with van der Waals surface area (Å²) in [7, 11) is 1.49. The van der Waals surface area contributed by atoms with E-state index in [1.165, 1.54) is 19.4 Å². The zero-order chi connectivity index (χ0) is 22.7. The number of hydrogen-bond acceptors (Lipinski definition) is 4. The molecule has 8 heteroatoms. The maximum Gasteiger partial charge on any atom is 0.418 e. The van der Waals surface area contributed by atoms with Crippen LogP contribution in [0.3, 0.4) is 0 Å². The van der Waals surface area contributed by atoms with E-state index in [0.29, 0.717) is 16.8 Å². The molecular weight excluding hydrogens is 419 g/mol. The molecule has 2 aromatic heterocycles. The fourth-order valence-electron chi connectivity index (χ4n) is 3.42. The Labute approximate surface area is 181 Å². The van der Waals surface area contributed by atoms with E-state index in [1.807, 2.05) is 6.07 Å². The van der Waals surface area contributed by atoms with Crippen LogP contribution in [0.2, 0.25) is 0 Å². The lowest BCUT2D eigenvalue weighted by Gasteiger charge is -2.22. The van der Waals surface area contributed by atoms with Crippen molar-refractivity contribution in [2.45, 2.75) is 12.2 Å². The molecule has 0 radical (unpaired) electrons. The molecule has 0 aliphatic rings. The average molecular weight is 437 g/mol. The van der Waals surface area contributed by atoms with Crippen molar-refractivity contribution in [1.29, 1.82) is 0 Å². The lowest BCUT2D eigenvalue weighted by molar-refractivity contribution is -0.138. The van der Waals surface area contributed by atoms with Gasteiger partial charge in [-0.05, 0) is 48.0 Å². The van der Waals surface area contributed by atoms with Crippen LogP contribution >= 0.6 is 0 Å². The number of ether oxygens (including phenoxy) is 1. The molecule has 4 aromatic rings. The van der Waals surface area contributed by atoms with Crippen molar-refractivity contribution in [3.8, 4) is 5.75 Å². The van der Waals surface area contributed by atoms with E-state index in [9.17, 15) is 18.0 Å². The molecule has 0 aliphatic heterocycles. The number of methoxy groups -OCH3 is 1. The first kappa shape index (κ1) is 21.3. The predicted octanol–water partition coefficient (Wildman–Crippen LogP) is 5.18. The summed E-state index contributed by atoms with van der Waals surface area (Å²) in [5.41, 5.74) is 0.107. The molecule has 1 atom stereocenters. The van der Waals surface area contributed by atoms with Gasteiger partial charge in [0, 0.05) is 23.3 Å². The SMILES string of the molecule is COc1ccc(C(NC(=O)c2ccc3cccnc3c2)c2ncccc2C(F)(F)F)cc1. The predicted molar refractivity (Wildman–Crippen MR) is 113 cm³/mol. The summed E-state index contributed by atoms with van der Waals surface area (Å²) in [6, 6.07) is 16.0. The van der Waals surface area contributed by atoms with Crippen molar-refractivity contribution in [3.63, 3.8) is 0 Å². The molecule has 4 rings (SSSR count). The quantitative estimate of drug-likeness (QED) is 0.468. The minimum atomic E-state index is -4.63. The van der Waals surface area contributed by atoms with Crippen molar-refractivity contribution < 1.29 is 22.7 Å². The smallest absolute Gasteiger partial charge is 0.418 e. The Morgan fingerprint density at radius 2 is 1.69 bits per heavy atom. The van der Waals surface area contributed by atoms with Crippen LogP contribution in [-0.4, -0.2) is 23.0 Å². The van der Waals surface area contributed by atoms with Gasteiger partial charge >= 0.3 is 6.18 Å². The van der Waals surface area contributed by atoms with Gasteiger partial charge in [-0.15, -0.1) is 0 Å². The van der Waals surface area contributed by atoms with Gasteiger partial charge in [0.2, 0.25) is 0 Å². The molecule has 0 bridgehead atoms. The minimum absolute atomic E-state index is 0.277. The Morgan fingerprint density at radius 3 is 2.41 bits per heavy atom. The van der Waals surface area contributed by atoms with Gasteiger partial charge < -0.3 is 10.1 Å². The monoisotopic (exact) mass is 437 g/mol. The first-order chi connectivity index (χ1) is 15.4. The fraction of sp³-hybridized carbons (Fsp3) is 0.125. The summed E-state index contributed by atoms with van der Waals surface area (Å²) >= 11 is 0. The number of nitrogens with zero attached hydrogens (tertiary/aromatic N) is 2. The van der Waals surface area contributed by atoms with Gasteiger partial charge in [0.15, 0.2) is 0 Å². The Hall–Kier alpha value is -3.94. The average Bonchev–Trinajstić information content (AvgIpc) is 2.81. The van der Waals surface area contributed by atoms with Gasteiger partial charge in [0.1, 0.15) is 5.75 Å². The van der Waals surface area contributed by atoms with Gasteiger partial charge in [-0.25, -0.2) is 0 Å². The van der Waals surface area contributed by atoms with Gasteiger partial charge in [-0.1, -0.05) is 24.3 Å². The van der Waals surface area contributed by atoms with E-state index in [0.717, 1.165) is 11.5 Å². The van der Waals surface area contributed by atoms with Crippen molar-refractivity contribution >= 4 is 16.8 Å². The van der Waals surface area contributed by atoms with E-state index >= 15 is 0 Å². The lowest BCUT2D eigenvalue weighted by Crippen LogP contribution is -2.31. The third-order valence-electron chi connectivity index (χ3n) is 5.01. The second kappa shape index (κ2) is 8.66. The van der Waals surface area contributed by atoms with E-state index in [-0.39, 0.29) is 11.3 Å². The van der Waals surface area contributed by atoms with Crippen LogP contribution in [-0.2, 0) is 6.18 Å². The highest BCUT2D eigenvalue weighted by atomic mass is 19.4. The van der Waals surface area contributed by atoms with Gasteiger partial charge in [-0.2, -0.15) is 13.2 Å². The van der Waals surface area contributed by atoms with Crippen LogP contribution in [0.5, 0.6) is 5.75 Å². The third-order valence-corrected chi connectivity index (χ3v) is 5.01. The molecule has 0 aliphatic carbocycles. The Bertz CT molecular complexity index is 1260. The molecule has 32 heavy (non-hydrogen) atoms. The first-order valence-electron chi connectivity index (χ1n) is 9.68. The summed E-state index contributed by atoms with van der Waals surface area (Å²) in [5, 5.41) is 3.56. The molecule has 1 unspecified atom stereocenters. The van der Waals surface area contributed by atoms with Crippen LogP contribution in [0.25, 0.3) is 10.9 Å². The topological polar surface area (TPSA) is 64.1 Å². The number of rotatable bonds is 5. The number of carbonyl (C=O) groups excluding carboxylic acids is 1. The number of amides is 1. The molecular formula is C24H18F3N3O2. The number of alkyl halides is 3. The number of nitrogens with one attached hydrogen (secondary N) is 1. The Kier molecular flexibility index (Phi) is 5.77. The fourth-order valence-corrected chi connectivity index (χ4v) is 3.42. The highest BCUT2D eigenvalue weighted by Crippen LogP contribution is 2.36. The first-order valence-corrected chi connectivity index (χ1v) is 9.68. The summed E-state index contributed by atoms with van der Waals surface area (Å²) in [6.07, 6.45) is -1.76. The summed E-state index contributed by atoms with van der Waals surface area (Å²) in [4.78, 5) is 21.3. The Morgan fingerprint density at radius 1 is 0.969 bits per heavy atom. The maximum absolute atomic E-state index is 13.7.